The summed E-state index contributed by atoms with van der Waals surface area (Å²) in [6.07, 6.45) is 1.61. The highest BCUT2D eigenvalue weighted by molar-refractivity contribution is 7.13. The van der Waals surface area contributed by atoms with Crippen LogP contribution in [-0.4, -0.2) is 21.0 Å². The van der Waals surface area contributed by atoms with Crippen molar-refractivity contribution in [3.05, 3.63) is 47.9 Å². The van der Waals surface area contributed by atoms with Gasteiger partial charge in [-0.15, -0.1) is 0 Å². The Morgan fingerprint density at radius 2 is 2.09 bits per heavy atom. The largest absolute Gasteiger partial charge is 0.397 e. The molecule has 0 unspecified atom stereocenters. The van der Waals surface area contributed by atoms with Gasteiger partial charge in [0.2, 0.25) is 0 Å². The second-order valence-corrected chi connectivity index (χ2v) is 5.51. The van der Waals surface area contributed by atoms with Crippen molar-refractivity contribution >= 4 is 44.6 Å². The van der Waals surface area contributed by atoms with Crippen molar-refractivity contribution in [3.8, 4) is 0 Å². The molecule has 0 atom stereocenters. The molecule has 0 radical (unpaired) electrons. The molecular weight excluding hydrogens is 298 g/mol. The van der Waals surface area contributed by atoms with Crippen LogP contribution in [0.4, 0.5) is 11.4 Å². The zero-order valence-electron chi connectivity index (χ0n) is 11.8. The molecular formula is C15H13N5OS. The first-order valence-electron chi connectivity index (χ1n) is 6.51. The number of hydrogen-bond donors (Lipinski definition) is 2. The van der Waals surface area contributed by atoms with Crippen LogP contribution in [0.5, 0.6) is 0 Å². The molecule has 3 rings (SSSR count). The molecule has 0 bridgehead atoms. The monoisotopic (exact) mass is 311 g/mol. The molecule has 0 fully saturated rings. The van der Waals surface area contributed by atoms with E-state index in [4.69, 9.17) is 11.5 Å². The van der Waals surface area contributed by atoms with Crippen molar-refractivity contribution in [2.45, 2.75) is 6.92 Å². The Morgan fingerprint density at radius 1 is 1.27 bits per heavy atom. The lowest BCUT2D eigenvalue weighted by atomic mass is 10.1. The average Bonchev–Trinajstić information content (AvgIpc) is 2.91. The van der Waals surface area contributed by atoms with Gasteiger partial charge in [0.25, 0.3) is 0 Å². The standard InChI is InChI=1S/C15H13N5OS/c1-8(21)13-10-5-4-9(7-12(10)22-20-13)19-15(17)14-11(16)3-2-6-18-14/h2-7H,16H2,1H3,(H2,17,19). The fourth-order valence-electron chi connectivity index (χ4n) is 2.07. The van der Waals surface area contributed by atoms with Crippen LogP contribution < -0.4 is 11.5 Å². The van der Waals surface area contributed by atoms with E-state index in [2.05, 4.69) is 14.3 Å². The normalized spacial score (nSPS) is 11.8. The maximum Gasteiger partial charge on any atom is 0.179 e. The fourth-order valence-corrected chi connectivity index (χ4v) is 2.93. The highest BCUT2D eigenvalue weighted by atomic mass is 32.1. The number of hydrogen-bond acceptors (Lipinski definition) is 6. The first kappa shape index (κ1) is 14.2. The summed E-state index contributed by atoms with van der Waals surface area (Å²) in [5.41, 5.74) is 13.9. The number of aliphatic imine (C=N–C) groups is 1. The van der Waals surface area contributed by atoms with Crippen LogP contribution in [0.1, 0.15) is 23.1 Å². The maximum atomic E-state index is 11.5. The molecule has 110 valence electrons. The molecule has 22 heavy (non-hydrogen) atoms. The molecule has 7 heteroatoms. The van der Waals surface area contributed by atoms with Crippen molar-refractivity contribution in [3.63, 3.8) is 0 Å². The quantitative estimate of drug-likeness (QED) is 0.439. The lowest BCUT2D eigenvalue weighted by Crippen LogP contribution is -2.16. The van der Waals surface area contributed by atoms with Gasteiger partial charge in [0.1, 0.15) is 11.4 Å². The van der Waals surface area contributed by atoms with E-state index in [9.17, 15) is 4.79 Å². The Bertz CT molecular complexity index is 900. The van der Waals surface area contributed by atoms with E-state index in [1.54, 1.807) is 24.4 Å². The topological polar surface area (TPSA) is 107 Å². The Balaban J connectivity index is 2.02. The van der Waals surface area contributed by atoms with Crippen molar-refractivity contribution in [1.29, 1.82) is 0 Å². The van der Waals surface area contributed by atoms with Crippen LogP contribution in [0.3, 0.4) is 0 Å². The zero-order valence-corrected chi connectivity index (χ0v) is 12.6. The molecule has 4 N–H and O–H groups in total. The predicted molar refractivity (Wildman–Crippen MR) is 88.7 cm³/mol. The van der Waals surface area contributed by atoms with Crippen LogP contribution >= 0.6 is 11.5 Å². The third kappa shape index (κ3) is 2.53. The number of rotatable bonds is 3. The Hall–Kier alpha value is -2.80. The van der Waals surface area contributed by atoms with E-state index in [1.165, 1.54) is 18.5 Å². The lowest BCUT2D eigenvalue weighted by Gasteiger charge is -2.03. The second kappa shape index (κ2) is 5.53. The molecule has 1 aromatic carbocycles. The molecule has 0 aliphatic rings. The minimum atomic E-state index is -0.0525. The molecule has 0 amide bonds. The van der Waals surface area contributed by atoms with Crippen LogP contribution in [-0.2, 0) is 0 Å². The van der Waals surface area contributed by atoms with Crippen LogP contribution in [0, 0.1) is 0 Å². The fraction of sp³-hybridized carbons (Fsp3) is 0.0667. The molecule has 2 heterocycles. The number of amidine groups is 1. The van der Waals surface area contributed by atoms with Gasteiger partial charge >= 0.3 is 0 Å². The summed E-state index contributed by atoms with van der Waals surface area (Å²) in [6.45, 7) is 1.50. The molecule has 3 aromatic rings. The minimum absolute atomic E-state index is 0.0525. The van der Waals surface area contributed by atoms with Crippen LogP contribution in [0.2, 0.25) is 0 Å². The average molecular weight is 311 g/mol. The number of pyridine rings is 1. The Kier molecular flexibility index (Phi) is 3.56. The summed E-state index contributed by atoms with van der Waals surface area (Å²) in [7, 11) is 0. The maximum absolute atomic E-state index is 11.5. The van der Waals surface area contributed by atoms with Gasteiger partial charge in [-0.25, -0.2) is 4.99 Å². The number of nitrogens with zero attached hydrogens (tertiary/aromatic N) is 3. The van der Waals surface area contributed by atoms with Crippen molar-refractivity contribution in [2.75, 3.05) is 5.73 Å². The summed E-state index contributed by atoms with van der Waals surface area (Å²) < 4.78 is 5.05. The van der Waals surface area contributed by atoms with Crippen molar-refractivity contribution in [1.82, 2.24) is 9.36 Å². The summed E-state index contributed by atoms with van der Waals surface area (Å²) in [5, 5.41) is 0.826. The van der Waals surface area contributed by atoms with Gasteiger partial charge < -0.3 is 11.5 Å². The highest BCUT2D eigenvalue weighted by Crippen LogP contribution is 2.27. The van der Waals surface area contributed by atoms with Crippen LogP contribution in [0.15, 0.2) is 41.5 Å². The van der Waals surface area contributed by atoms with E-state index in [0.717, 1.165) is 10.1 Å². The third-order valence-corrected chi connectivity index (χ3v) is 3.93. The SMILES string of the molecule is CC(=O)c1nsc2cc(N=C(N)c3ncccc3N)ccc12. The van der Waals surface area contributed by atoms with E-state index in [1.807, 2.05) is 12.1 Å². The molecule has 0 saturated carbocycles. The van der Waals surface area contributed by atoms with Gasteiger partial charge in [-0.1, -0.05) is 0 Å². The highest BCUT2D eigenvalue weighted by Gasteiger charge is 2.11. The van der Waals surface area contributed by atoms with E-state index in [-0.39, 0.29) is 11.6 Å². The summed E-state index contributed by atoms with van der Waals surface area (Å²) >= 11 is 1.26. The number of nitrogen functional groups attached to an aromatic ring is 1. The number of nitrogens with two attached hydrogens (primary N) is 2. The minimum Gasteiger partial charge on any atom is -0.397 e. The van der Waals surface area contributed by atoms with E-state index < -0.39 is 0 Å². The molecule has 0 spiro atoms. The number of benzene rings is 1. The number of carbonyl (C=O) groups is 1. The first-order valence-corrected chi connectivity index (χ1v) is 7.29. The van der Waals surface area contributed by atoms with Gasteiger partial charge in [-0.05, 0) is 41.9 Å². The predicted octanol–water partition coefficient (Wildman–Crippen LogP) is 2.51. The lowest BCUT2D eigenvalue weighted by molar-refractivity contribution is 0.101. The van der Waals surface area contributed by atoms with Gasteiger partial charge in [-0.3, -0.25) is 9.78 Å². The summed E-state index contributed by atoms with van der Waals surface area (Å²) in [6, 6.07) is 8.90. The Labute approximate surface area is 130 Å². The molecule has 2 aromatic heterocycles. The molecule has 0 aliphatic carbocycles. The summed E-state index contributed by atoms with van der Waals surface area (Å²) in [4.78, 5) is 19.9. The van der Waals surface area contributed by atoms with E-state index in [0.29, 0.717) is 22.8 Å². The molecule has 6 nitrogen and oxygen atoms in total. The number of Topliss-reactive ketones (excluding diaryl/α,β-unsaturated/α-hetero) is 1. The molecule has 0 saturated heterocycles. The second-order valence-electron chi connectivity index (χ2n) is 4.71. The number of anilines is 1. The van der Waals surface area contributed by atoms with E-state index >= 15 is 0 Å². The zero-order chi connectivity index (χ0) is 15.7. The first-order chi connectivity index (χ1) is 10.6. The van der Waals surface area contributed by atoms with Crippen LogP contribution in [0.25, 0.3) is 10.1 Å². The smallest absolute Gasteiger partial charge is 0.179 e. The van der Waals surface area contributed by atoms with Crippen molar-refractivity contribution in [2.24, 2.45) is 10.7 Å². The number of ketones is 1. The number of aromatic nitrogens is 2. The van der Waals surface area contributed by atoms with Gasteiger partial charge in [-0.2, -0.15) is 4.37 Å². The van der Waals surface area contributed by atoms with Gasteiger partial charge in [0.05, 0.1) is 16.1 Å². The van der Waals surface area contributed by atoms with Crippen molar-refractivity contribution < 1.29 is 4.79 Å². The number of fused-ring (bicyclic) bond motifs is 1. The third-order valence-electron chi connectivity index (χ3n) is 3.12. The summed E-state index contributed by atoms with van der Waals surface area (Å²) in [5.74, 6) is 0.192. The van der Waals surface area contributed by atoms with Gasteiger partial charge in [0, 0.05) is 18.5 Å². The molecule has 0 aliphatic heterocycles. The van der Waals surface area contributed by atoms with Gasteiger partial charge in [0.15, 0.2) is 11.6 Å². The number of carbonyl (C=O) groups excluding carboxylic acids is 1. The Morgan fingerprint density at radius 3 is 2.82 bits per heavy atom.